The van der Waals surface area contributed by atoms with E-state index >= 15 is 0 Å². The number of fused-ring (bicyclic) bond motifs is 1. The third-order valence-corrected chi connectivity index (χ3v) is 5.91. The van der Waals surface area contributed by atoms with Gasteiger partial charge in [-0.1, -0.05) is 24.2 Å². The summed E-state index contributed by atoms with van der Waals surface area (Å²) in [6.45, 7) is 2.43. The predicted octanol–water partition coefficient (Wildman–Crippen LogP) is 3.85. The Kier molecular flexibility index (Phi) is 6.97. The summed E-state index contributed by atoms with van der Waals surface area (Å²) in [5.41, 5.74) is 0.695. The van der Waals surface area contributed by atoms with Gasteiger partial charge in [0.2, 0.25) is 0 Å². The highest BCUT2D eigenvalue weighted by Gasteiger charge is 2.32. The van der Waals surface area contributed by atoms with Crippen LogP contribution in [0.25, 0.3) is 10.1 Å². The maximum Gasteiger partial charge on any atom is 0.393 e. The van der Waals surface area contributed by atoms with Crippen molar-refractivity contribution < 1.29 is 27.5 Å². The molecule has 3 atom stereocenters. The van der Waals surface area contributed by atoms with Crippen molar-refractivity contribution in [3.05, 3.63) is 28.6 Å². The molecule has 0 saturated carbocycles. The zero-order valence-electron chi connectivity index (χ0n) is 15.8. The van der Waals surface area contributed by atoms with E-state index in [1.165, 1.54) is 6.21 Å². The molecule has 0 unspecified atom stereocenters. The Balaban J connectivity index is 1.92. The summed E-state index contributed by atoms with van der Waals surface area (Å²) < 4.78 is 54.1. The number of rotatable bonds is 8. The molecular weight excluding hydrogens is 410 g/mol. The molecule has 5 nitrogen and oxygen atoms in total. The third kappa shape index (κ3) is 5.58. The number of aliphatic hydroxyl groups excluding tert-OH is 1. The highest BCUT2D eigenvalue weighted by atomic mass is 32.1. The first kappa shape index (κ1) is 21.8. The lowest BCUT2D eigenvalue weighted by molar-refractivity contribution is -0.126. The maximum absolute atomic E-state index is 14.0. The summed E-state index contributed by atoms with van der Waals surface area (Å²) in [5.74, 6) is 0. The van der Waals surface area contributed by atoms with E-state index in [-0.39, 0.29) is 18.7 Å². The minimum Gasteiger partial charge on any atom is -0.393 e. The van der Waals surface area contributed by atoms with Crippen molar-refractivity contribution in [2.24, 2.45) is 5.16 Å². The number of hydrogen-bond acceptors (Lipinski definition) is 6. The minimum absolute atomic E-state index is 0.0358. The van der Waals surface area contributed by atoms with Crippen LogP contribution in [0, 0.1) is 0 Å². The van der Waals surface area contributed by atoms with Crippen LogP contribution in [0.2, 0.25) is 0 Å². The molecule has 1 aliphatic rings. The molecule has 1 aliphatic heterocycles. The predicted molar refractivity (Wildman–Crippen MR) is 107 cm³/mol. The number of nitrogens with zero attached hydrogens (tertiary/aromatic N) is 1. The van der Waals surface area contributed by atoms with Crippen LogP contribution >= 0.6 is 11.3 Å². The Labute approximate surface area is 169 Å². The fourth-order valence-electron chi connectivity index (χ4n) is 3.11. The van der Waals surface area contributed by atoms with Gasteiger partial charge in [0.25, 0.3) is 0 Å². The molecule has 0 bridgehead atoms. The van der Waals surface area contributed by atoms with Crippen molar-refractivity contribution in [3.8, 4) is 0 Å². The van der Waals surface area contributed by atoms with E-state index in [1.807, 2.05) is 0 Å². The smallest absolute Gasteiger partial charge is 0.393 e. The standard InChI is InChI=1S/C19H23F4N3O2S/c1-2-11(27)10-28-25-9-17-13(6-19(21,22)23)12-4-3-5-15(18(12)29-17)26-16-8-24-7-14(16)20/h3-5,9,11,14,16,24,26-27H,2,6-8,10H2,1H3/b25-9+/t11-,14+,16-/m1/s1. The van der Waals surface area contributed by atoms with Gasteiger partial charge in [0.15, 0.2) is 0 Å². The van der Waals surface area contributed by atoms with Crippen molar-refractivity contribution >= 4 is 33.3 Å². The van der Waals surface area contributed by atoms with Gasteiger partial charge in [-0.05, 0) is 23.4 Å². The van der Waals surface area contributed by atoms with Crippen LogP contribution in [0.1, 0.15) is 23.8 Å². The van der Waals surface area contributed by atoms with Gasteiger partial charge in [-0.2, -0.15) is 13.2 Å². The molecule has 0 aliphatic carbocycles. The molecule has 1 saturated heterocycles. The van der Waals surface area contributed by atoms with Gasteiger partial charge in [-0.25, -0.2) is 4.39 Å². The van der Waals surface area contributed by atoms with Crippen LogP contribution in [-0.2, 0) is 11.3 Å². The Bertz CT molecular complexity index is 856. The van der Waals surface area contributed by atoms with E-state index in [0.717, 1.165) is 11.3 Å². The number of oxime groups is 1. The maximum atomic E-state index is 14.0. The van der Waals surface area contributed by atoms with Gasteiger partial charge >= 0.3 is 6.18 Å². The number of anilines is 1. The second-order valence-corrected chi connectivity index (χ2v) is 7.99. The van der Waals surface area contributed by atoms with Crippen molar-refractivity contribution in [3.63, 3.8) is 0 Å². The Morgan fingerprint density at radius 1 is 1.41 bits per heavy atom. The summed E-state index contributed by atoms with van der Waals surface area (Å²) in [7, 11) is 0. The Morgan fingerprint density at radius 2 is 2.21 bits per heavy atom. The molecule has 1 aromatic heterocycles. The van der Waals surface area contributed by atoms with E-state index in [0.29, 0.717) is 33.6 Å². The molecule has 29 heavy (non-hydrogen) atoms. The molecule has 1 fully saturated rings. The Hall–Kier alpha value is -1.91. The first-order chi connectivity index (χ1) is 13.8. The van der Waals surface area contributed by atoms with Crippen LogP contribution in [0.3, 0.4) is 0 Å². The van der Waals surface area contributed by atoms with Gasteiger partial charge in [-0.15, -0.1) is 11.3 Å². The fraction of sp³-hybridized carbons (Fsp3) is 0.526. The molecule has 2 aromatic rings. The van der Waals surface area contributed by atoms with E-state index in [9.17, 15) is 22.7 Å². The van der Waals surface area contributed by atoms with Gasteiger partial charge in [0.1, 0.15) is 12.8 Å². The largest absolute Gasteiger partial charge is 0.393 e. The molecule has 0 spiro atoms. The summed E-state index contributed by atoms with van der Waals surface area (Å²) in [5, 5.41) is 19.7. The summed E-state index contributed by atoms with van der Waals surface area (Å²) in [4.78, 5) is 5.31. The number of thiophene rings is 1. The van der Waals surface area contributed by atoms with Gasteiger partial charge in [0, 0.05) is 13.1 Å². The number of hydrogen-bond donors (Lipinski definition) is 3. The highest BCUT2D eigenvalue weighted by Crippen LogP contribution is 2.39. The minimum atomic E-state index is -4.39. The van der Waals surface area contributed by atoms with E-state index in [1.54, 1.807) is 25.1 Å². The molecule has 3 rings (SSSR count). The van der Waals surface area contributed by atoms with Gasteiger partial charge in [-0.3, -0.25) is 0 Å². The SMILES string of the molecule is CC[C@@H](O)CO/N=C/c1sc2c(N[C@@H]3CNC[C@@H]3F)cccc2c1CC(F)(F)F. The van der Waals surface area contributed by atoms with Crippen molar-refractivity contribution in [2.75, 3.05) is 25.0 Å². The molecular formula is C19H23F4N3O2S. The lowest BCUT2D eigenvalue weighted by Crippen LogP contribution is -2.29. The Morgan fingerprint density at radius 3 is 2.86 bits per heavy atom. The summed E-state index contributed by atoms with van der Waals surface area (Å²) >= 11 is 1.14. The average molecular weight is 433 g/mol. The van der Waals surface area contributed by atoms with E-state index in [4.69, 9.17) is 4.84 Å². The molecule has 1 aromatic carbocycles. The topological polar surface area (TPSA) is 65.9 Å². The molecule has 0 radical (unpaired) electrons. The monoisotopic (exact) mass is 433 g/mol. The summed E-state index contributed by atoms with van der Waals surface area (Å²) in [6, 6.07) is 4.57. The fourth-order valence-corrected chi connectivity index (χ4v) is 4.27. The van der Waals surface area contributed by atoms with Crippen LogP contribution in [-0.4, -0.2) is 55.5 Å². The van der Waals surface area contributed by atoms with Crippen molar-refractivity contribution in [2.45, 2.75) is 44.3 Å². The van der Waals surface area contributed by atoms with Crippen molar-refractivity contribution in [1.29, 1.82) is 0 Å². The van der Waals surface area contributed by atoms with Gasteiger partial charge in [0.05, 0.1) is 40.0 Å². The highest BCUT2D eigenvalue weighted by molar-refractivity contribution is 7.21. The number of benzene rings is 1. The molecule has 2 heterocycles. The molecule has 160 valence electrons. The van der Waals surface area contributed by atoms with Gasteiger partial charge < -0.3 is 20.6 Å². The second kappa shape index (κ2) is 9.27. The molecule has 3 N–H and O–H groups in total. The average Bonchev–Trinajstić information content (AvgIpc) is 3.22. The third-order valence-electron chi connectivity index (χ3n) is 4.69. The number of aliphatic hydroxyl groups is 1. The van der Waals surface area contributed by atoms with Crippen LogP contribution in [0.4, 0.5) is 23.2 Å². The lowest BCUT2D eigenvalue weighted by atomic mass is 10.1. The van der Waals surface area contributed by atoms with Crippen molar-refractivity contribution in [1.82, 2.24) is 5.32 Å². The zero-order valence-corrected chi connectivity index (χ0v) is 16.6. The van der Waals surface area contributed by atoms with Crippen LogP contribution in [0.5, 0.6) is 0 Å². The van der Waals surface area contributed by atoms with Crippen LogP contribution < -0.4 is 10.6 Å². The molecule has 10 heteroatoms. The quantitative estimate of drug-likeness (QED) is 0.336. The second-order valence-electron chi connectivity index (χ2n) is 6.94. The van der Waals surface area contributed by atoms with E-state index in [2.05, 4.69) is 15.8 Å². The number of halogens is 4. The first-order valence-electron chi connectivity index (χ1n) is 9.34. The number of nitrogens with one attached hydrogen (secondary N) is 2. The summed E-state index contributed by atoms with van der Waals surface area (Å²) in [6.07, 6.45) is -5.52. The lowest BCUT2D eigenvalue weighted by Gasteiger charge is -2.16. The normalized spacial score (nSPS) is 21.2. The zero-order chi connectivity index (χ0) is 21.0. The first-order valence-corrected chi connectivity index (χ1v) is 10.2. The van der Waals surface area contributed by atoms with E-state index < -0.39 is 30.9 Å². The molecule has 0 amide bonds. The van der Waals surface area contributed by atoms with Crippen LogP contribution in [0.15, 0.2) is 23.4 Å². The number of alkyl halides is 4.